The summed E-state index contributed by atoms with van der Waals surface area (Å²) in [5.41, 5.74) is 0. The number of rotatable bonds is 5. The highest BCUT2D eigenvalue weighted by atomic mass is 16.4. The summed E-state index contributed by atoms with van der Waals surface area (Å²) in [7, 11) is 3.24. The van der Waals surface area contributed by atoms with Crippen molar-refractivity contribution < 1.29 is 14.7 Å². The van der Waals surface area contributed by atoms with E-state index in [2.05, 4.69) is 5.32 Å². The molecular formula is C8H16N2O3. The maximum atomic E-state index is 10.8. The van der Waals surface area contributed by atoms with Crippen LogP contribution in [-0.4, -0.2) is 48.6 Å². The minimum Gasteiger partial charge on any atom is -0.480 e. The van der Waals surface area contributed by atoms with E-state index in [4.69, 9.17) is 5.11 Å². The van der Waals surface area contributed by atoms with E-state index in [0.717, 1.165) is 0 Å². The Hall–Kier alpha value is -1.10. The van der Waals surface area contributed by atoms with Gasteiger partial charge in [-0.15, -0.1) is 0 Å². The number of carboxylic acid groups (broad SMARTS) is 1. The summed E-state index contributed by atoms with van der Waals surface area (Å²) >= 11 is 0. The molecule has 5 heteroatoms. The van der Waals surface area contributed by atoms with Crippen LogP contribution in [0.1, 0.15) is 13.3 Å². The molecule has 1 unspecified atom stereocenters. The van der Waals surface area contributed by atoms with Crippen molar-refractivity contribution in [2.75, 3.05) is 20.6 Å². The van der Waals surface area contributed by atoms with E-state index in [0.29, 0.717) is 13.0 Å². The lowest BCUT2D eigenvalue weighted by Gasteiger charge is -2.20. The van der Waals surface area contributed by atoms with Crippen LogP contribution in [0, 0.1) is 0 Å². The van der Waals surface area contributed by atoms with E-state index in [-0.39, 0.29) is 5.91 Å². The molecule has 0 aromatic rings. The Balaban J connectivity index is 3.80. The van der Waals surface area contributed by atoms with Gasteiger partial charge in [-0.05, 0) is 14.0 Å². The quantitative estimate of drug-likeness (QED) is 0.612. The molecule has 0 aromatic heterocycles. The molecule has 13 heavy (non-hydrogen) atoms. The van der Waals surface area contributed by atoms with Crippen molar-refractivity contribution >= 4 is 11.9 Å². The second kappa shape index (κ2) is 5.53. The number of nitrogens with one attached hydrogen (secondary N) is 1. The first-order valence-electron chi connectivity index (χ1n) is 4.12. The Bertz CT molecular complexity index is 194. The molecule has 2 N–H and O–H groups in total. The van der Waals surface area contributed by atoms with E-state index in [1.54, 1.807) is 25.9 Å². The van der Waals surface area contributed by atoms with Crippen molar-refractivity contribution in [3.05, 3.63) is 0 Å². The summed E-state index contributed by atoms with van der Waals surface area (Å²) in [4.78, 5) is 23.0. The van der Waals surface area contributed by atoms with Crippen LogP contribution in [0.15, 0.2) is 0 Å². The summed E-state index contributed by atoms with van der Waals surface area (Å²) in [6.45, 7) is 2.04. The molecule has 0 bridgehead atoms. The summed E-state index contributed by atoms with van der Waals surface area (Å²) < 4.78 is 0. The minimum absolute atomic E-state index is 0.0792. The van der Waals surface area contributed by atoms with Crippen molar-refractivity contribution in [1.29, 1.82) is 0 Å². The first-order valence-corrected chi connectivity index (χ1v) is 4.12. The topological polar surface area (TPSA) is 69.6 Å². The van der Waals surface area contributed by atoms with Gasteiger partial charge in [-0.25, -0.2) is 0 Å². The number of carboxylic acids is 1. The van der Waals surface area contributed by atoms with Crippen LogP contribution in [0.4, 0.5) is 0 Å². The predicted molar refractivity (Wildman–Crippen MR) is 48.4 cm³/mol. The van der Waals surface area contributed by atoms with Gasteiger partial charge in [-0.3, -0.25) is 14.5 Å². The number of carbonyl (C=O) groups excluding carboxylic acids is 1. The second-order valence-corrected chi connectivity index (χ2v) is 2.92. The van der Waals surface area contributed by atoms with Gasteiger partial charge in [0.2, 0.25) is 5.91 Å². The molecular weight excluding hydrogens is 172 g/mol. The fourth-order valence-electron chi connectivity index (χ4n) is 0.785. The van der Waals surface area contributed by atoms with Crippen molar-refractivity contribution in [3.8, 4) is 0 Å². The van der Waals surface area contributed by atoms with Crippen molar-refractivity contribution in [2.45, 2.75) is 19.4 Å². The summed E-state index contributed by atoms with van der Waals surface area (Å²) in [5, 5.41) is 11.1. The van der Waals surface area contributed by atoms with Crippen LogP contribution in [-0.2, 0) is 9.59 Å². The van der Waals surface area contributed by atoms with E-state index < -0.39 is 12.0 Å². The molecule has 0 radical (unpaired) electrons. The Morgan fingerprint density at radius 3 is 2.46 bits per heavy atom. The highest BCUT2D eigenvalue weighted by Gasteiger charge is 2.16. The molecule has 0 rings (SSSR count). The van der Waals surface area contributed by atoms with Crippen LogP contribution < -0.4 is 5.32 Å². The molecule has 0 heterocycles. The standard InChI is InChI=1S/C8H16N2O3/c1-6(8(12)13)10(3)5-4-7(11)9-2/h6H,4-5H2,1-3H3,(H,9,11)(H,12,13). The van der Waals surface area contributed by atoms with Crippen LogP contribution >= 0.6 is 0 Å². The van der Waals surface area contributed by atoms with Crippen LogP contribution in [0.2, 0.25) is 0 Å². The Kier molecular flexibility index (Phi) is 5.06. The third-order valence-corrected chi connectivity index (χ3v) is 1.99. The maximum Gasteiger partial charge on any atom is 0.320 e. The van der Waals surface area contributed by atoms with Gasteiger partial charge in [0.25, 0.3) is 0 Å². The first kappa shape index (κ1) is 11.9. The first-order chi connectivity index (χ1) is 5.99. The molecule has 76 valence electrons. The lowest BCUT2D eigenvalue weighted by Crippen LogP contribution is -2.38. The molecule has 0 aliphatic heterocycles. The molecule has 0 fully saturated rings. The molecule has 0 aliphatic carbocycles. The summed E-state index contributed by atoms with van der Waals surface area (Å²) in [5.74, 6) is -0.955. The normalized spacial score (nSPS) is 12.6. The smallest absolute Gasteiger partial charge is 0.320 e. The molecule has 1 atom stereocenters. The van der Waals surface area contributed by atoms with Crippen LogP contribution in [0.3, 0.4) is 0 Å². The Morgan fingerprint density at radius 2 is 2.08 bits per heavy atom. The fourth-order valence-corrected chi connectivity index (χ4v) is 0.785. The van der Waals surface area contributed by atoms with Gasteiger partial charge in [0, 0.05) is 20.0 Å². The van der Waals surface area contributed by atoms with E-state index >= 15 is 0 Å². The van der Waals surface area contributed by atoms with Gasteiger partial charge in [0.05, 0.1) is 0 Å². The zero-order chi connectivity index (χ0) is 10.4. The van der Waals surface area contributed by atoms with Crippen LogP contribution in [0.5, 0.6) is 0 Å². The van der Waals surface area contributed by atoms with Gasteiger partial charge in [0.1, 0.15) is 6.04 Å². The monoisotopic (exact) mass is 188 g/mol. The van der Waals surface area contributed by atoms with E-state index in [1.165, 1.54) is 0 Å². The molecule has 1 amide bonds. The highest BCUT2D eigenvalue weighted by molar-refractivity contribution is 5.76. The zero-order valence-corrected chi connectivity index (χ0v) is 8.20. The average molecular weight is 188 g/mol. The predicted octanol–water partition coefficient (Wildman–Crippen LogP) is -0.473. The number of nitrogens with zero attached hydrogens (tertiary/aromatic N) is 1. The van der Waals surface area contributed by atoms with E-state index in [1.807, 2.05) is 0 Å². The van der Waals surface area contributed by atoms with Gasteiger partial charge in [-0.1, -0.05) is 0 Å². The second-order valence-electron chi connectivity index (χ2n) is 2.92. The SMILES string of the molecule is CNC(=O)CCN(C)C(C)C(=O)O. The number of amides is 1. The maximum absolute atomic E-state index is 10.8. The molecule has 0 aliphatic rings. The van der Waals surface area contributed by atoms with Gasteiger partial charge in [-0.2, -0.15) is 0 Å². The molecule has 0 aromatic carbocycles. The Morgan fingerprint density at radius 1 is 1.54 bits per heavy atom. The van der Waals surface area contributed by atoms with Gasteiger partial charge < -0.3 is 10.4 Å². The summed E-state index contributed by atoms with van der Waals surface area (Å²) in [6.07, 6.45) is 0.324. The number of hydrogen-bond donors (Lipinski definition) is 2. The summed E-state index contributed by atoms with van der Waals surface area (Å²) in [6, 6.07) is -0.551. The number of aliphatic carboxylic acids is 1. The largest absolute Gasteiger partial charge is 0.480 e. The van der Waals surface area contributed by atoms with Gasteiger partial charge in [0.15, 0.2) is 0 Å². The number of carbonyl (C=O) groups is 2. The molecule has 0 saturated heterocycles. The van der Waals surface area contributed by atoms with Gasteiger partial charge >= 0.3 is 5.97 Å². The fraction of sp³-hybridized carbons (Fsp3) is 0.750. The lowest BCUT2D eigenvalue weighted by molar-refractivity contribution is -0.142. The average Bonchev–Trinajstić information content (AvgIpc) is 2.11. The zero-order valence-electron chi connectivity index (χ0n) is 8.20. The van der Waals surface area contributed by atoms with Crippen molar-refractivity contribution in [3.63, 3.8) is 0 Å². The molecule has 5 nitrogen and oxygen atoms in total. The molecule has 0 saturated carbocycles. The Labute approximate surface area is 77.7 Å². The molecule has 0 spiro atoms. The highest BCUT2D eigenvalue weighted by Crippen LogP contribution is 1.96. The third-order valence-electron chi connectivity index (χ3n) is 1.99. The van der Waals surface area contributed by atoms with Crippen molar-refractivity contribution in [1.82, 2.24) is 10.2 Å². The third kappa shape index (κ3) is 4.47. The van der Waals surface area contributed by atoms with Crippen molar-refractivity contribution in [2.24, 2.45) is 0 Å². The minimum atomic E-state index is -0.876. The van der Waals surface area contributed by atoms with E-state index in [9.17, 15) is 9.59 Å². The number of hydrogen-bond acceptors (Lipinski definition) is 3. The lowest BCUT2D eigenvalue weighted by atomic mass is 10.3. The van der Waals surface area contributed by atoms with Crippen LogP contribution in [0.25, 0.3) is 0 Å². The number of likely N-dealkylation sites (N-methyl/N-ethyl adjacent to an activating group) is 1.